The Labute approximate surface area is 351 Å². The van der Waals surface area contributed by atoms with Crippen LogP contribution in [0.2, 0.25) is 0 Å². The maximum atomic E-state index is 4.97. The molecule has 60 heavy (non-hydrogen) atoms. The van der Waals surface area contributed by atoms with Gasteiger partial charge in [-0.3, -0.25) is 0 Å². The monoisotopic (exact) mass is 765 g/mol. The molecule has 0 bridgehead atoms. The third-order valence-electron chi connectivity index (χ3n) is 10.9. The third kappa shape index (κ3) is 7.80. The molecule has 0 aliphatic heterocycles. The molecule has 3 heteroatoms. The predicted octanol–water partition coefficient (Wildman–Crippen LogP) is 14.9. The Morgan fingerprint density at radius 1 is 0.150 bits per heavy atom. The summed E-state index contributed by atoms with van der Waals surface area (Å²) in [5.74, 6) is 1.94. The van der Waals surface area contributed by atoms with Crippen molar-refractivity contribution < 1.29 is 0 Å². The van der Waals surface area contributed by atoms with Crippen molar-refractivity contribution in [3.05, 3.63) is 237 Å². The van der Waals surface area contributed by atoms with E-state index in [9.17, 15) is 0 Å². The SMILES string of the molecule is c1ccc(-c2cccc(-c3cccc(-c4cccc(-c5cccc(-c6cccc(-c7cccc(-c8nc(-c9ccccc9)nc(-c9ccccc9)n8)c7)c6)c5)c4)c3)c2)cc1. The summed E-state index contributed by atoms with van der Waals surface area (Å²) in [4.78, 5) is 14.8. The van der Waals surface area contributed by atoms with Gasteiger partial charge in [-0.2, -0.15) is 0 Å². The molecule has 282 valence electrons. The van der Waals surface area contributed by atoms with Gasteiger partial charge in [-0.05, 0) is 103 Å². The molecule has 0 N–H and O–H groups in total. The quantitative estimate of drug-likeness (QED) is 0.147. The number of hydrogen-bond donors (Lipinski definition) is 0. The second-order valence-electron chi connectivity index (χ2n) is 14.9. The summed E-state index contributed by atoms with van der Waals surface area (Å²) in [6.07, 6.45) is 0. The Balaban J connectivity index is 0.938. The Bertz CT molecular complexity index is 3030. The second-order valence-corrected chi connectivity index (χ2v) is 14.9. The lowest BCUT2D eigenvalue weighted by molar-refractivity contribution is 1.07. The minimum atomic E-state index is 0.639. The van der Waals surface area contributed by atoms with Gasteiger partial charge in [0.25, 0.3) is 0 Å². The molecule has 0 aliphatic carbocycles. The molecule has 0 saturated carbocycles. The normalized spacial score (nSPS) is 11.0. The van der Waals surface area contributed by atoms with Gasteiger partial charge in [0.1, 0.15) is 0 Å². The fraction of sp³-hybridized carbons (Fsp3) is 0. The van der Waals surface area contributed by atoms with Crippen LogP contribution < -0.4 is 0 Å². The summed E-state index contributed by atoms with van der Waals surface area (Å²) >= 11 is 0. The average Bonchev–Trinajstić information content (AvgIpc) is 3.35. The maximum Gasteiger partial charge on any atom is 0.164 e. The molecule has 0 aliphatic rings. The Morgan fingerprint density at radius 3 is 0.617 bits per heavy atom. The molecule has 1 aromatic heterocycles. The summed E-state index contributed by atoms with van der Waals surface area (Å²) in [7, 11) is 0. The largest absolute Gasteiger partial charge is 0.208 e. The lowest BCUT2D eigenvalue weighted by atomic mass is 9.93. The zero-order valence-electron chi connectivity index (χ0n) is 32.9. The van der Waals surface area contributed by atoms with E-state index in [1.807, 2.05) is 60.7 Å². The van der Waals surface area contributed by atoms with Gasteiger partial charge in [-0.1, -0.05) is 200 Å². The van der Waals surface area contributed by atoms with E-state index in [4.69, 9.17) is 15.0 Å². The molecule has 0 atom stereocenters. The second kappa shape index (κ2) is 16.5. The minimum absolute atomic E-state index is 0.639. The first-order valence-corrected chi connectivity index (χ1v) is 20.3. The molecular formula is C57H39N3. The van der Waals surface area contributed by atoms with Gasteiger partial charge in [-0.15, -0.1) is 0 Å². The molecule has 3 nitrogen and oxygen atoms in total. The lowest BCUT2D eigenvalue weighted by Crippen LogP contribution is -2.00. The van der Waals surface area contributed by atoms with E-state index >= 15 is 0 Å². The molecule has 10 aromatic rings. The summed E-state index contributed by atoms with van der Waals surface area (Å²) in [5.41, 5.74) is 16.9. The maximum absolute atomic E-state index is 4.97. The molecule has 10 rings (SSSR count). The molecule has 0 saturated heterocycles. The zero-order chi connectivity index (χ0) is 40.1. The van der Waals surface area contributed by atoms with Crippen LogP contribution in [0.15, 0.2) is 237 Å². The number of benzene rings is 9. The Kier molecular flexibility index (Phi) is 9.97. The van der Waals surface area contributed by atoms with Gasteiger partial charge in [0, 0.05) is 16.7 Å². The molecular weight excluding hydrogens is 727 g/mol. The van der Waals surface area contributed by atoms with Crippen LogP contribution in [0.3, 0.4) is 0 Å². The molecule has 9 aromatic carbocycles. The van der Waals surface area contributed by atoms with Crippen molar-refractivity contribution in [2.24, 2.45) is 0 Å². The van der Waals surface area contributed by atoms with E-state index in [0.717, 1.165) is 38.9 Å². The van der Waals surface area contributed by atoms with Crippen molar-refractivity contribution in [3.8, 4) is 101 Å². The van der Waals surface area contributed by atoms with Crippen LogP contribution in [0, 0.1) is 0 Å². The van der Waals surface area contributed by atoms with Crippen molar-refractivity contribution in [2.45, 2.75) is 0 Å². The summed E-state index contributed by atoms with van der Waals surface area (Å²) < 4.78 is 0. The van der Waals surface area contributed by atoms with Gasteiger partial charge in [0.2, 0.25) is 0 Å². The minimum Gasteiger partial charge on any atom is -0.208 e. The summed E-state index contributed by atoms with van der Waals surface area (Å²) in [6, 6.07) is 83.3. The predicted molar refractivity (Wildman–Crippen MR) is 249 cm³/mol. The van der Waals surface area contributed by atoms with Crippen LogP contribution in [-0.4, -0.2) is 15.0 Å². The zero-order valence-corrected chi connectivity index (χ0v) is 32.9. The fourth-order valence-electron chi connectivity index (χ4n) is 7.80. The topological polar surface area (TPSA) is 38.7 Å². The van der Waals surface area contributed by atoms with Crippen LogP contribution in [0.1, 0.15) is 0 Å². The standard InChI is InChI=1S/C57H39N3/c1-4-16-40(17-5-1)43-22-10-23-44(34-43)45-24-11-25-46(35-45)47-26-12-27-48(36-47)49-28-13-29-50(37-49)51-30-14-31-52(38-51)53-32-15-33-54(39-53)57-59-55(41-18-6-2-7-19-41)58-56(60-57)42-20-8-3-9-21-42/h1-39H. The van der Waals surface area contributed by atoms with Crippen molar-refractivity contribution in [3.63, 3.8) is 0 Å². The van der Waals surface area contributed by atoms with E-state index in [2.05, 4.69) is 176 Å². The smallest absolute Gasteiger partial charge is 0.164 e. The first-order valence-electron chi connectivity index (χ1n) is 20.3. The summed E-state index contributed by atoms with van der Waals surface area (Å²) in [6.45, 7) is 0. The van der Waals surface area contributed by atoms with E-state index in [1.54, 1.807) is 0 Å². The van der Waals surface area contributed by atoms with E-state index in [1.165, 1.54) is 44.5 Å². The number of rotatable bonds is 9. The molecule has 0 unspecified atom stereocenters. The van der Waals surface area contributed by atoms with Crippen molar-refractivity contribution in [1.82, 2.24) is 15.0 Å². The van der Waals surface area contributed by atoms with E-state index < -0.39 is 0 Å². The first kappa shape index (κ1) is 36.3. The highest BCUT2D eigenvalue weighted by atomic mass is 15.0. The van der Waals surface area contributed by atoms with Crippen molar-refractivity contribution >= 4 is 0 Å². The Morgan fingerprint density at radius 2 is 0.333 bits per heavy atom. The molecule has 0 spiro atoms. The lowest BCUT2D eigenvalue weighted by Gasteiger charge is -2.12. The van der Waals surface area contributed by atoms with Gasteiger partial charge in [0.15, 0.2) is 17.5 Å². The highest BCUT2D eigenvalue weighted by Crippen LogP contribution is 2.35. The summed E-state index contributed by atoms with van der Waals surface area (Å²) in [5, 5.41) is 0. The molecule has 0 amide bonds. The van der Waals surface area contributed by atoms with Gasteiger partial charge < -0.3 is 0 Å². The average molecular weight is 766 g/mol. The Hall–Kier alpha value is -8.01. The van der Waals surface area contributed by atoms with Gasteiger partial charge in [-0.25, -0.2) is 15.0 Å². The molecule has 0 fully saturated rings. The van der Waals surface area contributed by atoms with E-state index in [-0.39, 0.29) is 0 Å². The third-order valence-corrected chi connectivity index (χ3v) is 10.9. The number of nitrogens with zero attached hydrogens (tertiary/aromatic N) is 3. The first-order chi connectivity index (χ1) is 29.7. The van der Waals surface area contributed by atoms with Gasteiger partial charge >= 0.3 is 0 Å². The number of hydrogen-bond acceptors (Lipinski definition) is 3. The number of aromatic nitrogens is 3. The highest BCUT2D eigenvalue weighted by molar-refractivity contribution is 5.82. The van der Waals surface area contributed by atoms with Crippen LogP contribution in [0.5, 0.6) is 0 Å². The van der Waals surface area contributed by atoms with Gasteiger partial charge in [0.05, 0.1) is 0 Å². The fourth-order valence-corrected chi connectivity index (χ4v) is 7.80. The van der Waals surface area contributed by atoms with Crippen LogP contribution >= 0.6 is 0 Å². The van der Waals surface area contributed by atoms with Crippen molar-refractivity contribution in [2.75, 3.05) is 0 Å². The van der Waals surface area contributed by atoms with Crippen LogP contribution in [-0.2, 0) is 0 Å². The van der Waals surface area contributed by atoms with E-state index in [0.29, 0.717) is 17.5 Å². The molecule has 0 radical (unpaired) electrons. The highest BCUT2D eigenvalue weighted by Gasteiger charge is 2.14. The van der Waals surface area contributed by atoms with Crippen LogP contribution in [0.25, 0.3) is 101 Å². The van der Waals surface area contributed by atoms with Crippen LogP contribution in [0.4, 0.5) is 0 Å². The van der Waals surface area contributed by atoms with Crippen molar-refractivity contribution in [1.29, 1.82) is 0 Å². The molecule has 1 heterocycles.